The standard InChI is InChI=1S/C16H16Cl3N/c17-10-1-11-20-16(12-2-6-14(18)7-3-12)13-4-8-15(19)9-5-13/h2-9,16,20H,1,10-11H2. The summed E-state index contributed by atoms with van der Waals surface area (Å²) in [5, 5.41) is 5.00. The maximum Gasteiger partial charge on any atom is 0.0576 e. The van der Waals surface area contributed by atoms with Gasteiger partial charge in [0, 0.05) is 15.9 Å². The second kappa shape index (κ2) is 7.90. The molecule has 0 aliphatic rings. The van der Waals surface area contributed by atoms with Crippen molar-refractivity contribution in [3.8, 4) is 0 Å². The van der Waals surface area contributed by atoms with Crippen molar-refractivity contribution in [1.29, 1.82) is 0 Å². The minimum atomic E-state index is 0.118. The second-order valence-corrected chi connectivity index (χ2v) is 5.78. The first-order valence-corrected chi connectivity index (χ1v) is 7.80. The molecule has 0 aliphatic carbocycles. The Balaban J connectivity index is 2.23. The molecule has 4 heteroatoms. The second-order valence-electron chi connectivity index (χ2n) is 4.53. The fraction of sp³-hybridized carbons (Fsp3) is 0.250. The van der Waals surface area contributed by atoms with Gasteiger partial charge in [0.2, 0.25) is 0 Å². The van der Waals surface area contributed by atoms with E-state index in [9.17, 15) is 0 Å². The van der Waals surface area contributed by atoms with Gasteiger partial charge in [-0.1, -0.05) is 47.5 Å². The molecular weight excluding hydrogens is 313 g/mol. The molecule has 1 nitrogen and oxygen atoms in total. The van der Waals surface area contributed by atoms with Crippen LogP contribution in [0.4, 0.5) is 0 Å². The van der Waals surface area contributed by atoms with Crippen LogP contribution in [0, 0.1) is 0 Å². The zero-order chi connectivity index (χ0) is 14.4. The van der Waals surface area contributed by atoms with Gasteiger partial charge in [0.15, 0.2) is 0 Å². The fourth-order valence-corrected chi connectivity index (χ4v) is 2.44. The van der Waals surface area contributed by atoms with E-state index in [0.717, 1.165) is 23.0 Å². The maximum atomic E-state index is 5.95. The Hall–Kier alpha value is -0.730. The van der Waals surface area contributed by atoms with Crippen molar-refractivity contribution in [1.82, 2.24) is 5.32 Å². The van der Waals surface area contributed by atoms with E-state index >= 15 is 0 Å². The number of halogens is 3. The average molecular weight is 329 g/mol. The molecule has 0 amide bonds. The molecule has 0 unspecified atom stereocenters. The number of hydrogen-bond acceptors (Lipinski definition) is 1. The molecule has 0 spiro atoms. The van der Waals surface area contributed by atoms with Crippen LogP contribution in [-0.4, -0.2) is 12.4 Å². The lowest BCUT2D eigenvalue weighted by Crippen LogP contribution is -2.23. The molecule has 2 aromatic carbocycles. The molecule has 0 heterocycles. The normalized spacial score (nSPS) is 11.0. The van der Waals surface area contributed by atoms with Crippen LogP contribution in [0.1, 0.15) is 23.6 Å². The van der Waals surface area contributed by atoms with Gasteiger partial charge < -0.3 is 5.32 Å². The molecule has 0 aliphatic heterocycles. The summed E-state index contributed by atoms with van der Waals surface area (Å²) < 4.78 is 0. The van der Waals surface area contributed by atoms with Crippen molar-refractivity contribution in [2.45, 2.75) is 12.5 Å². The minimum absolute atomic E-state index is 0.118. The summed E-state index contributed by atoms with van der Waals surface area (Å²) in [6.07, 6.45) is 0.930. The number of rotatable bonds is 6. The summed E-state index contributed by atoms with van der Waals surface area (Å²) in [6, 6.07) is 15.9. The molecule has 0 saturated carbocycles. The summed E-state index contributed by atoms with van der Waals surface area (Å²) >= 11 is 17.7. The SMILES string of the molecule is ClCCCNC(c1ccc(Cl)cc1)c1ccc(Cl)cc1. The van der Waals surface area contributed by atoms with Crippen molar-refractivity contribution in [3.05, 3.63) is 69.7 Å². The summed E-state index contributed by atoms with van der Waals surface area (Å²) in [6.45, 7) is 0.861. The Morgan fingerprint density at radius 2 is 1.25 bits per heavy atom. The van der Waals surface area contributed by atoms with E-state index in [1.807, 2.05) is 48.5 Å². The predicted molar refractivity (Wildman–Crippen MR) is 88.1 cm³/mol. The van der Waals surface area contributed by atoms with Crippen LogP contribution < -0.4 is 5.32 Å². The quantitative estimate of drug-likeness (QED) is 0.560. The van der Waals surface area contributed by atoms with E-state index in [-0.39, 0.29) is 6.04 Å². The highest BCUT2D eigenvalue weighted by molar-refractivity contribution is 6.30. The lowest BCUT2D eigenvalue weighted by molar-refractivity contribution is 0.600. The van der Waals surface area contributed by atoms with Crippen LogP contribution in [0.2, 0.25) is 10.0 Å². The van der Waals surface area contributed by atoms with E-state index < -0.39 is 0 Å². The predicted octanol–water partition coefficient (Wildman–Crippen LogP) is 5.30. The third-order valence-electron chi connectivity index (χ3n) is 3.07. The molecule has 2 rings (SSSR count). The third kappa shape index (κ3) is 4.39. The van der Waals surface area contributed by atoms with E-state index in [1.54, 1.807) is 0 Å². The Morgan fingerprint density at radius 3 is 1.65 bits per heavy atom. The third-order valence-corrected chi connectivity index (χ3v) is 3.84. The van der Waals surface area contributed by atoms with Gasteiger partial charge in [-0.3, -0.25) is 0 Å². The van der Waals surface area contributed by atoms with Gasteiger partial charge in [-0.05, 0) is 48.4 Å². The van der Waals surface area contributed by atoms with Gasteiger partial charge in [0.1, 0.15) is 0 Å². The van der Waals surface area contributed by atoms with Crippen LogP contribution in [0.3, 0.4) is 0 Å². The molecule has 106 valence electrons. The lowest BCUT2D eigenvalue weighted by Gasteiger charge is -2.20. The van der Waals surface area contributed by atoms with Crippen LogP contribution in [0.15, 0.2) is 48.5 Å². The Labute approximate surface area is 134 Å². The number of alkyl halides is 1. The number of nitrogens with one attached hydrogen (secondary N) is 1. The molecule has 0 aromatic heterocycles. The zero-order valence-corrected chi connectivity index (χ0v) is 13.2. The summed E-state index contributed by atoms with van der Waals surface area (Å²) in [5.74, 6) is 0.654. The van der Waals surface area contributed by atoms with Crippen molar-refractivity contribution in [3.63, 3.8) is 0 Å². The van der Waals surface area contributed by atoms with Crippen LogP contribution in [0.5, 0.6) is 0 Å². The fourth-order valence-electron chi connectivity index (χ4n) is 2.05. The molecule has 2 aromatic rings. The van der Waals surface area contributed by atoms with Crippen molar-refractivity contribution < 1.29 is 0 Å². The van der Waals surface area contributed by atoms with E-state index in [4.69, 9.17) is 34.8 Å². The molecule has 0 saturated heterocycles. The highest BCUT2D eigenvalue weighted by atomic mass is 35.5. The number of benzene rings is 2. The van der Waals surface area contributed by atoms with Gasteiger partial charge in [0.05, 0.1) is 6.04 Å². The molecule has 1 N–H and O–H groups in total. The first-order chi connectivity index (χ1) is 9.70. The maximum absolute atomic E-state index is 5.95. The lowest BCUT2D eigenvalue weighted by atomic mass is 9.98. The van der Waals surface area contributed by atoms with E-state index in [1.165, 1.54) is 11.1 Å². The first kappa shape index (κ1) is 15.7. The molecule has 0 radical (unpaired) electrons. The smallest absolute Gasteiger partial charge is 0.0576 e. The summed E-state index contributed by atoms with van der Waals surface area (Å²) in [5.41, 5.74) is 2.34. The molecule has 0 bridgehead atoms. The van der Waals surface area contributed by atoms with Crippen LogP contribution >= 0.6 is 34.8 Å². The Kier molecular flexibility index (Phi) is 6.18. The van der Waals surface area contributed by atoms with Crippen LogP contribution in [0.25, 0.3) is 0 Å². The number of hydrogen-bond donors (Lipinski definition) is 1. The molecular formula is C16H16Cl3N. The topological polar surface area (TPSA) is 12.0 Å². The zero-order valence-electron chi connectivity index (χ0n) is 11.0. The van der Waals surface area contributed by atoms with Crippen molar-refractivity contribution >= 4 is 34.8 Å². The van der Waals surface area contributed by atoms with E-state index in [0.29, 0.717) is 5.88 Å². The first-order valence-electron chi connectivity index (χ1n) is 6.51. The summed E-state index contributed by atoms with van der Waals surface area (Å²) in [4.78, 5) is 0. The monoisotopic (exact) mass is 327 g/mol. The van der Waals surface area contributed by atoms with Crippen molar-refractivity contribution in [2.24, 2.45) is 0 Å². The van der Waals surface area contributed by atoms with Crippen molar-refractivity contribution in [2.75, 3.05) is 12.4 Å². The van der Waals surface area contributed by atoms with Gasteiger partial charge >= 0.3 is 0 Å². The van der Waals surface area contributed by atoms with Gasteiger partial charge in [0.25, 0.3) is 0 Å². The van der Waals surface area contributed by atoms with Gasteiger partial charge in [-0.2, -0.15) is 0 Å². The molecule has 20 heavy (non-hydrogen) atoms. The van der Waals surface area contributed by atoms with Gasteiger partial charge in [-0.25, -0.2) is 0 Å². The van der Waals surface area contributed by atoms with Gasteiger partial charge in [-0.15, -0.1) is 11.6 Å². The Bertz CT molecular complexity index is 477. The van der Waals surface area contributed by atoms with E-state index in [2.05, 4.69) is 5.32 Å². The van der Waals surface area contributed by atoms with Crippen LogP contribution in [-0.2, 0) is 0 Å². The largest absolute Gasteiger partial charge is 0.306 e. The molecule has 0 atom stereocenters. The molecule has 0 fully saturated rings. The minimum Gasteiger partial charge on any atom is -0.306 e. The highest BCUT2D eigenvalue weighted by Gasteiger charge is 2.13. The Morgan fingerprint density at radius 1 is 0.800 bits per heavy atom. The summed E-state index contributed by atoms with van der Waals surface area (Å²) in [7, 11) is 0. The highest BCUT2D eigenvalue weighted by Crippen LogP contribution is 2.24. The average Bonchev–Trinajstić information content (AvgIpc) is 2.46.